The molecule has 1 amide bonds. The average Bonchev–Trinajstić information content (AvgIpc) is 2.93. The predicted molar refractivity (Wildman–Crippen MR) is 131 cm³/mol. The Morgan fingerprint density at radius 1 is 1.19 bits per heavy atom. The molecule has 0 saturated carbocycles. The van der Waals surface area contributed by atoms with E-state index in [0.29, 0.717) is 21.3 Å². The Balaban J connectivity index is 2.22. The van der Waals surface area contributed by atoms with Crippen LogP contribution in [0.1, 0.15) is 69.6 Å². The van der Waals surface area contributed by atoms with Gasteiger partial charge in [-0.15, -0.1) is 0 Å². The van der Waals surface area contributed by atoms with Crippen LogP contribution in [0.25, 0.3) is 6.08 Å². The minimum Gasteiger partial charge on any atom is -0.357 e. The molecule has 2 fully saturated rings. The molecule has 8 heteroatoms. The van der Waals surface area contributed by atoms with E-state index in [2.05, 4.69) is 11.0 Å². The fourth-order valence-corrected chi connectivity index (χ4v) is 5.68. The number of rotatable bonds is 5. The van der Waals surface area contributed by atoms with Crippen LogP contribution in [0.15, 0.2) is 9.70 Å². The normalized spacial score (nSPS) is 19.6. The molecule has 1 aromatic heterocycles. The second-order valence-electron chi connectivity index (χ2n) is 8.11. The maximum absolute atomic E-state index is 13.2. The van der Waals surface area contributed by atoms with E-state index < -0.39 is 0 Å². The maximum atomic E-state index is 13.2. The van der Waals surface area contributed by atoms with Gasteiger partial charge in [0.1, 0.15) is 21.8 Å². The zero-order valence-corrected chi connectivity index (χ0v) is 20.4. The van der Waals surface area contributed by atoms with Crippen LogP contribution < -0.4 is 10.5 Å². The minimum atomic E-state index is -0.258. The number of anilines is 1. The highest BCUT2D eigenvalue weighted by molar-refractivity contribution is 8.26. The van der Waals surface area contributed by atoms with E-state index in [4.69, 9.17) is 12.2 Å². The smallest absolute Gasteiger partial charge is 0.270 e. The molecule has 1 aromatic rings. The van der Waals surface area contributed by atoms with Crippen molar-refractivity contribution in [1.82, 2.24) is 9.47 Å². The third-order valence-corrected chi connectivity index (χ3v) is 7.53. The summed E-state index contributed by atoms with van der Waals surface area (Å²) >= 11 is 6.79. The second-order valence-corrected chi connectivity index (χ2v) is 9.78. The van der Waals surface area contributed by atoms with Gasteiger partial charge in [0.2, 0.25) is 0 Å². The molecule has 3 rings (SSSR count). The predicted octanol–water partition coefficient (Wildman–Crippen LogP) is 4.43. The van der Waals surface area contributed by atoms with Crippen molar-refractivity contribution in [3.8, 4) is 6.07 Å². The Hall–Kier alpha value is -2.11. The van der Waals surface area contributed by atoms with Gasteiger partial charge in [0.15, 0.2) is 0 Å². The lowest BCUT2D eigenvalue weighted by atomic mass is 10.0. The van der Waals surface area contributed by atoms with Crippen LogP contribution in [0.2, 0.25) is 0 Å². The van der Waals surface area contributed by atoms with Crippen LogP contribution in [0.5, 0.6) is 0 Å². The highest BCUT2D eigenvalue weighted by Gasteiger charge is 2.35. The molecule has 0 aromatic carbocycles. The van der Waals surface area contributed by atoms with E-state index >= 15 is 0 Å². The van der Waals surface area contributed by atoms with Gasteiger partial charge in [-0.2, -0.15) is 5.26 Å². The number of thiocarbonyl (C=S) groups is 1. The zero-order valence-electron chi connectivity index (χ0n) is 18.7. The van der Waals surface area contributed by atoms with E-state index in [-0.39, 0.29) is 23.1 Å². The van der Waals surface area contributed by atoms with E-state index in [1.54, 1.807) is 9.47 Å². The van der Waals surface area contributed by atoms with E-state index in [1.807, 2.05) is 33.8 Å². The van der Waals surface area contributed by atoms with Crippen LogP contribution >= 0.6 is 24.0 Å². The van der Waals surface area contributed by atoms with E-state index in [1.165, 1.54) is 24.6 Å². The Morgan fingerprint density at radius 2 is 1.84 bits per heavy atom. The first-order chi connectivity index (χ1) is 14.8. The summed E-state index contributed by atoms with van der Waals surface area (Å²) in [5.41, 5.74) is 1.30. The first kappa shape index (κ1) is 23.6. The van der Waals surface area contributed by atoms with Gasteiger partial charge in [0.05, 0.1) is 4.91 Å². The van der Waals surface area contributed by atoms with Crippen molar-refractivity contribution in [2.75, 3.05) is 18.0 Å². The largest absolute Gasteiger partial charge is 0.357 e. The molecule has 0 spiro atoms. The molecule has 0 N–H and O–H groups in total. The summed E-state index contributed by atoms with van der Waals surface area (Å²) in [6.07, 6.45) is 7.13. The molecule has 0 aliphatic carbocycles. The molecule has 0 radical (unpaired) electrons. The molecule has 0 bridgehead atoms. The van der Waals surface area contributed by atoms with Gasteiger partial charge in [0.25, 0.3) is 11.5 Å². The quantitative estimate of drug-likeness (QED) is 0.480. The summed E-state index contributed by atoms with van der Waals surface area (Å²) in [7, 11) is 0. The summed E-state index contributed by atoms with van der Waals surface area (Å²) in [6.45, 7) is 9.94. The van der Waals surface area contributed by atoms with Crippen molar-refractivity contribution in [3.05, 3.63) is 31.9 Å². The number of carbonyl (C=O) groups excluding carboxylic acids is 1. The lowest BCUT2D eigenvalue weighted by Gasteiger charge is -2.29. The highest BCUT2D eigenvalue weighted by Crippen LogP contribution is 2.37. The van der Waals surface area contributed by atoms with Crippen LogP contribution in [0.4, 0.5) is 5.82 Å². The summed E-state index contributed by atoms with van der Waals surface area (Å²) in [6, 6.07) is 2.12. The molecular formula is C23H30N4O2S2. The van der Waals surface area contributed by atoms with Gasteiger partial charge in [-0.1, -0.05) is 43.7 Å². The van der Waals surface area contributed by atoms with Gasteiger partial charge in [-0.25, -0.2) is 0 Å². The van der Waals surface area contributed by atoms with Crippen LogP contribution in [0, 0.1) is 18.3 Å². The number of pyridine rings is 1. The van der Waals surface area contributed by atoms with Crippen molar-refractivity contribution in [3.63, 3.8) is 0 Å². The standard InChI is InChI=1S/C23H30N4O2S2/c1-5-15(3)27-22(29)19(31-23(27)30)13-17-16(4)18(14-24)21(28)26(6-2)20(17)25-11-9-7-8-10-12-25/h13,15H,5-12H2,1-4H3. The second kappa shape index (κ2) is 10.0. The van der Waals surface area contributed by atoms with E-state index in [0.717, 1.165) is 43.7 Å². The summed E-state index contributed by atoms with van der Waals surface area (Å²) in [5, 5.41) is 9.69. The number of hydrogen-bond acceptors (Lipinski definition) is 6. The molecule has 2 aliphatic rings. The van der Waals surface area contributed by atoms with Gasteiger partial charge >= 0.3 is 0 Å². The number of hydrogen-bond donors (Lipinski definition) is 0. The Kier molecular flexibility index (Phi) is 7.60. The first-order valence-electron chi connectivity index (χ1n) is 11.0. The summed E-state index contributed by atoms with van der Waals surface area (Å²) in [4.78, 5) is 30.7. The molecule has 166 valence electrons. The molecule has 6 nitrogen and oxygen atoms in total. The number of amides is 1. The van der Waals surface area contributed by atoms with Crippen molar-refractivity contribution in [2.45, 2.75) is 72.4 Å². The van der Waals surface area contributed by atoms with Crippen molar-refractivity contribution in [1.29, 1.82) is 5.26 Å². The average molecular weight is 459 g/mol. The molecule has 1 unspecified atom stereocenters. The summed E-state index contributed by atoms with van der Waals surface area (Å²) in [5.74, 6) is 0.720. The molecule has 1 atom stereocenters. The Morgan fingerprint density at radius 3 is 2.39 bits per heavy atom. The van der Waals surface area contributed by atoms with Gasteiger partial charge in [0, 0.05) is 31.2 Å². The number of carbonyl (C=O) groups is 1. The number of aromatic nitrogens is 1. The third kappa shape index (κ3) is 4.44. The monoisotopic (exact) mass is 458 g/mol. The number of nitriles is 1. The van der Waals surface area contributed by atoms with Crippen molar-refractivity contribution in [2.24, 2.45) is 0 Å². The van der Waals surface area contributed by atoms with Crippen LogP contribution in [-0.2, 0) is 11.3 Å². The minimum absolute atomic E-state index is 0.0313. The van der Waals surface area contributed by atoms with E-state index in [9.17, 15) is 14.9 Å². The first-order valence-corrected chi connectivity index (χ1v) is 12.3. The lowest BCUT2D eigenvalue weighted by Crippen LogP contribution is -2.36. The van der Waals surface area contributed by atoms with Gasteiger partial charge < -0.3 is 4.90 Å². The van der Waals surface area contributed by atoms with Gasteiger partial charge in [-0.3, -0.25) is 19.1 Å². The van der Waals surface area contributed by atoms with Crippen molar-refractivity contribution >= 4 is 46.1 Å². The number of thioether (sulfide) groups is 1. The SMILES string of the molecule is CCC(C)N1C(=O)C(=Cc2c(C)c(C#N)c(=O)n(CC)c2N2CCCCCC2)SC1=S. The maximum Gasteiger partial charge on any atom is 0.270 e. The molecule has 2 aliphatic heterocycles. The lowest BCUT2D eigenvalue weighted by molar-refractivity contribution is -0.123. The van der Waals surface area contributed by atoms with Crippen LogP contribution in [-0.4, -0.2) is 38.8 Å². The zero-order chi connectivity index (χ0) is 22.7. The fourth-order valence-electron chi connectivity index (χ4n) is 4.23. The van der Waals surface area contributed by atoms with Crippen molar-refractivity contribution < 1.29 is 4.79 Å². The molecule has 3 heterocycles. The Bertz CT molecular complexity index is 1010. The molecule has 2 saturated heterocycles. The molecule has 31 heavy (non-hydrogen) atoms. The number of nitrogens with zero attached hydrogens (tertiary/aromatic N) is 4. The van der Waals surface area contributed by atoms with Gasteiger partial charge in [-0.05, 0) is 51.7 Å². The topological polar surface area (TPSA) is 69.3 Å². The Labute approximate surface area is 193 Å². The highest BCUT2D eigenvalue weighted by atomic mass is 32.2. The third-order valence-electron chi connectivity index (χ3n) is 6.20. The summed E-state index contributed by atoms with van der Waals surface area (Å²) < 4.78 is 2.25. The van der Waals surface area contributed by atoms with Crippen LogP contribution in [0.3, 0.4) is 0 Å². The fraction of sp³-hybridized carbons (Fsp3) is 0.565. The molecular weight excluding hydrogens is 428 g/mol.